The summed E-state index contributed by atoms with van der Waals surface area (Å²) in [5, 5.41) is 10.5. The third-order valence-corrected chi connectivity index (χ3v) is 2.42. The number of non-ortho nitro benzene ring substituents is 1. The minimum absolute atomic E-state index is 0.000930. The Labute approximate surface area is 101 Å². The van der Waals surface area contributed by atoms with Gasteiger partial charge in [0, 0.05) is 12.6 Å². The Kier molecular flexibility index (Phi) is 4.94. The Balaban J connectivity index is 2.74. The van der Waals surface area contributed by atoms with E-state index in [9.17, 15) is 10.1 Å². The lowest BCUT2D eigenvalue weighted by molar-refractivity contribution is -0.384. The zero-order valence-electron chi connectivity index (χ0n) is 8.43. The molecule has 0 aliphatic heterocycles. The Morgan fingerprint density at radius 3 is 2.88 bits per heavy atom. The average Bonchev–Trinajstić information content (AvgIpc) is 2.26. The number of hydrogen-bond donors (Lipinski definition) is 1. The summed E-state index contributed by atoms with van der Waals surface area (Å²) in [6, 6.07) is 4.37. The molecule has 0 heterocycles. The summed E-state index contributed by atoms with van der Waals surface area (Å²) in [7, 11) is 0. The quantitative estimate of drug-likeness (QED) is 0.512. The number of nitro benzene ring substituents is 1. The van der Waals surface area contributed by atoms with Gasteiger partial charge in [-0.3, -0.25) is 10.1 Å². The van der Waals surface area contributed by atoms with Crippen LogP contribution in [-0.4, -0.2) is 18.1 Å². The molecule has 0 fully saturated rings. The van der Waals surface area contributed by atoms with Crippen molar-refractivity contribution < 1.29 is 9.66 Å². The van der Waals surface area contributed by atoms with Gasteiger partial charge in [-0.25, -0.2) is 0 Å². The van der Waals surface area contributed by atoms with Crippen molar-refractivity contribution in [2.45, 2.75) is 0 Å². The molecule has 0 bridgehead atoms. The van der Waals surface area contributed by atoms with Gasteiger partial charge in [-0.2, -0.15) is 0 Å². The molecule has 0 saturated carbocycles. The van der Waals surface area contributed by atoms with Crippen LogP contribution in [0.2, 0.25) is 0 Å². The van der Waals surface area contributed by atoms with E-state index in [1.807, 2.05) is 0 Å². The first-order valence-electron chi connectivity index (χ1n) is 4.57. The van der Waals surface area contributed by atoms with Crippen LogP contribution in [-0.2, 0) is 0 Å². The molecule has 1 aromatic rings. The second kappa shape index (κ2) is 6.24. The minimum Gasteiger partial charge on any atom is -0.488 e. The Bertz CT molecular complexity index is 407. The van der Waals surface area contributed by atoms with Crippen LogP contribution >= 0.6 is 15.9 Å². The molecule has 0 spiro atoms. The molecule has 0 radical (unpaired) electrons. The number of nitrogens with two attached hydrogens (primary N) is 1. The molecule has 1 aromatic carbocycles. The molecular weight excluding hydrogens is 276 g/mol. The Morgan fingerprint density at radius 2 is 2.25 bits per heavy atom. The van der Waals surface area contributed by atoms with E-state index in [1.165, 1.54) is 12.1 Å². The SMILES string of the molecule is NC/C=C/COc1cc([N+](=O)[O-])ccc1Br. The predicted molar refractivity (Wildman–Crippen MR) is 64.5 cm³/mol. The van der Waals surface area contributed by atoms with E-state index in [0.29, 0.717) is 23.4 Å². The summed E-state index contributed by atoms with van der Waals surface area (Å²) in [6.07, 6.45) is 3.51. The van der Waals surface area contributed by atoms with Gasteiger partial charge in [0.1, 0.15) is 12.4 Å². The van der Waals surface area contributed by atoms with Gasteiger partial charge in [-0.15, -0.1) is 0 Å². The lowest BCUT2D eigenvalue weighted by atomic mass is 10.3. The van der Waals surface area contributed by atoms with Crippen molar-refractivity contribution >= 4 is 21.6 Å². The van der Waals surface area contributed by atoms with Crippen LogP contribution in [0.15, 0.2) is 34.8 Å². The third kappa shape index (κ3) is 3.63. The van der Waals surface area contributed by atoms with Crippen LogP contribution in [0.5, 0.6) is 5.75 Å². The molecule has 0 aliphatic carbocycles. The second-order valence-corrected chi connectivity index (χ2v) is 3.74. The maximum absolute atomic E-state index is 10.5. The lowest BCUT2D eigenvalue weighted by Gasteiger charge is -2.05. The number of halogens is 1. The van der Waals surface area contributed by atoms with Crippen LogP contribution in [0.3, 0.4) is 0 Å². The van der Waals surface area contributed by atoms with E-state index < -0.39 is 4.92 Å². The predicted octanol–water partition coefficient (Wildman–Crippen LogP) is 2.25. The van der Waals surface area contributed by atoms with Gasteiger partial charge >= 0.3 is 0 Å². The normalized spacial score (nSPS) is 10.6. The summed E-state index contributed by atoms with van der Waals surface area (Å²) in [6.45, 7) is 0.774. The number of benzene rings is 1. The fourth-order valence-electron chi connectivity index (χ4n) is 1.02. The van der Waals surface area contributed by atoms with Gasteiger partial charge in [0.15, 0.2) is 0 Å². The maximum Gasteiger partial charge on any atom is 0.273 e. The summed E-state index contributed by atoms with van der Waals surface area (Å²) in [4.78, 5) is 10.1. The monoisotopic (exact) mass is 286 g/mol. The molecule has 0 amide bonds. The largest absolute Gasteiger partial charge is 0.488 e. The molecule has 0 saturated heterocycles. The molecule has 0 aromatic heterocycles. The van der Waals surface area contributed by atoms with Crippen molar-refractivity contribution in [3.8, 4) is 5.75 Å². The number of nitrogens with zero attached hydrogens (tertiary/aromatic N) is 1. The summed E-state index contributed by atoms with van der Waals surface area (Å²) in [5.41, 5.74) is 5.26. The molecule has 0 unspecified atom stereocenters. The van der Waals surface area contributed by atoms with Crippen molar-refractivity contribution in [3.05, 3.63) is 44.9 Å². The van der Waals surface area contributed by atoms with Crippen molar-refractivity contribution in [1.82, 2.24) is 0 Å². The number of nitro groups is 1. The molecular formula is C10H11BrN2O3. The van der Waals surface area contributed by atoms with E-state index in [2.05, 4.69) is 15.9 Å². The fraction of sp³-hybridized carbons (Fsp3) is 0.200. The van der Waals surface area contributed by atoms with Crippen LogP contribution in [0, 0.1) is 10.1 Å². The van der Waals surface area contributed by atoms with Crippen LogP contribution in [0.25, 0.3) is 0 Å². The van der Waals surface area contributed by atoms with E-state index in [1.54, 1.807) is 18.2 Å². The summed E-state index contributed by atoms with van der Waals surface area (Å²) < 4.78 is 6.02. The van der Waals surface area contributed by atoms with E-state index in [0.717, 1.165) is 0 Å². The van der Waals surface area contributed by atoms with Gasteiger partial charge in [0.05, 0.1) is 15.5 Å². The molecule has 0 aliphatic rings. The molecule has 16 heavy (non-hydrogen) atoms. The Hall–Kier alpha value is -1.40. The first kappa shape index (κ1) is 12.7. The topological polar surface area (TPSA) is 78.4 Å². The van der Waals surface area contributed by atoms with Crippen molar-refractivity contribution in [2.24, 2.45) is 5.73 Å². The summed E-state index contributed by atoms with van der Waals surface area (Å²) >= 11 is 3.25. The maximum atomic E-state index is 10.5. The molecule has 0 atom stereocenters. The standard InChI is InChI=1S/C10H11BrN2O3/c11-9-4-3-8(13(14)15)7-10(9)16-6-2-1-5-12/h1-4,7H,5-6,12H2/b2-1+. The number of hydrogen-bond acceptors (Lipinski definition) is 4. The smallest absolute Gasteiger partial charge is 0.273 e. The highest BCUT2D eigenvalue weighted by Crippen LogP contribution is 2.29. The van der Waals surface area contributed by atoms with Crippen LogP contribution in [0.1, 0.15) is 0 Å². The first-order chi connectivity index (χ1) is 7.65. The van der Waals surface area contributed by atoms with Crippen LogP contribution in [0.4, 0.5) is 5.69 Å². The first-order valence-corrected chi connectivity index (χ1v) is 5.36. The number of rotatable bonds is 5. The highest BCUT2D eigenvalue weighted by molar-refractivity contribution is 9.10. The van der Waals surface area contributed by atoms with E-state index >= 15 is 0 Å². The average molecular weight is 287 g/mol. The number of ether oxygens (including phenoxy) is 1. The second-order valence-electron chi connectivity index (χ2n) is 2.89. The molecule has 86 valence electrons. The van der Waals surface area contributed by atoms with E-state index in [4.69, 9.17) is 10.5 Å². The van der Waals surface area contributed by atoms with Crippen molar-refractivity contribution in [3.63, 3.8) is 0 Å². The zero-order chi connectivity index (χ0) is 12.0. The summed E-state index contributed by atoms with van der Waals surface area (Å²) in [5.74, 6) is 0.441. The van der Waals surface area contributed by atoms with Crippen molar-refractivity contribution in [1.29, 1.82) is 0 Å². The molecule has 5 nitrogen and oxygen atoms in total. The Morgan fingerprint density at radius 1 is 1.50 bits per heavy atom. The minimum atomic E-state index is -0.463. The van der Waals surface area contributed by atoms with Gasteiger partial charge in [0.2, 0.25) is 0 Å². The zero-order valence-corrected chi connectivity index (χ0v) is 10.0. The van der Waals surface area contributed by atoms with Gasteiger partial charge in [-0.1, -0.05) is 12.2 Å². The fourth-order valence-corrected chi connectivity index (χ4v) is 1.38. The highest BCUT2D eigenvalue weighted by Gasteiger charge is 2.09. The van der Waals surface area contributed by atoms with E-state index in [-0.39, 0.29) is 5.69 Å². The molecule has 2 N–H and O–H groups in total. The molecule has 1 rings (SSSR count). The van der Waals surface area contributed by atoms with Crippen molar-refractivity contribution in [2.75, 3.05) is 13.2 Å². The lowest BCUT2D eigenvalue weighted by Crippen LogP contribution is -1.98. The molecule has 6 heteroatoms. The highest BCUT2D eigenvalue weighted by atomic mass is 79.9. The third-order valence-electron chi connectivity index (χ3n) is 1.76. The van der Waals surface area contributed by atoms with Gasteiger partial charge < -0.3 is 10.5 Å². The van der Waals surface area contributed by atoms with Gasteiger partial charge in [0.25, 0.3) is 5.69 Å². The van der Waals surface area contributed by atoms with Gasteiger partial charge in [-0.05, 0) is 22.0 Å². The van der Waals surface area contributed by atoms with Crippen LogP contribution < -0.4 is 10.5 Å².